The predicted molar refractivity (Wildman–Crippen MR) is 125 cm³/mol. The Balaban J connectivity index is 1.52. The summed E-state index contributed by atoms with van der Waals surface area (Å²) < 4.78 is 53.4. The first-order chi connectivity index (χ1) is 15.4. The molecule has 0 radical (unpaired) electrons. The summed E-state index contributed by atoms with van der Waals surface area (Å²) in [6.45, 7) is -0.0137. The van der Waals surface area contributed by atoms with Gasteiger partial charge >= 0.3 is 0 Å². The van der Waals surface area contributed by atoms with Crippen molar-refractivity contribution >= 4 is 44.7 Å². The topological polar surface area (TPSA) is 66.5 Å². The average molecular weight is 497 g/mol. The molecule has 0 unspecified atom stereocenters. The maximum absolute atomic E-state index is 13.3. The molecule has 2 aromatic carbocycles. The van der Waals surface area contributed by atoms with Crippen LogP contribution in [0.2, 0.25) is 0 Å². The molecule has 1 heterocycles. The van der Waals surface area contributed by atoms with Crippen LogP contribution < -0.4 is 9.62 Å². The third-order valence-corrected chi connectivity index (χ3v) is 8.67. The molecule has 0 aliphatic heterocycles. The van der Waals surface area contributed by atoms with Crippen LogP contribution in [0.5, 0.6) is 0 Å². The van der Waals surface area contributed by atoms with Gasteiger partial charge in [0, 0.05) is 12.3 Å². The zero-order chi connectivity index (χ0) is 23.0. The van der Waals surface area contributed by atoms with Crippen LogP contribution in [0.1, 0.15) is 12.0 Å². The van der Waals surface area contributed by atoms with Crippen LogP contribution in [0.25, 0.3) is 0 Å². The van der Waals surface area contributed by atoms with Gasteiger partial charge in [-0.05, 0) is 65.6 Å². The molecule has 0 fully saturated rings. The molecule has 0 bridgehead atoms. The number of halogens is 2. The summed E-state index contributed by atoms with van der Waals surface area (Å²) in [7, 11) is -3.95. The van der Waals surface area contributed by atoms with Gasteiger partial charge in [0.1, 0.15) is 22.4 Å². The van der Waals surface area contributed by atoms with Crippen LogP contribution in [-0.4, -0.2) is 33.2 Å². The highest BCUT2D eigenvalue weighted by atomic mass is 32.2. The summed E-state index contributed by atoms with van der Waals surface area (Å²) in [6, 6.07) is 14.4. The van der Waals surface area contributed by atoms with Crippen molar-refractivity contribution in [2.75, 3.05) is 23.1 Å². The van der Waals surface area contributed by atoms with Gasteiger partial charge in [-0.1, -0.05) is 18.2 Å². The molecule has 1 aromatic heterocycles. The predicted octanol–water partition coefficient (Wildman–Crippen LogP) is 4.66. The number of thiophene rings is 1. The second-order valence-corrected chi connectivity index (χ2v) is 10.9. The molecule has 10 heteroatoms. The fourth-order valence-corrected chi connectivity index (χ4v) is 6.25. The Kier molecular flexibility index (Phi) is 8.66. The Morgan fingerprint density at radius 3 is 2.28 bits per heavy atom. The van der Waals surface area contributed by atoms with Crippen molar-refractivity contribution in [3.63, 3.8) is 0 Å². The third kappa shape index (κ3) is 6.78. The normalized spacial score (nSPS) is 11.3. The zero-order valence-corrected chi connectivity index (χ0v) is 19.5. The van der Waals surface area contributed by atoms with Crippen molar-refractivity contribution in [1.29, 1.82) is 0 Å². The van der Waals surface area contributed by atoms with Gasteiger partial charge in [-0.15, -0.1) is 11.3 Å². The van der Waals surface area contributed by atoms with E-state index in [2.05, 4.69) is 5.32 Å². The van der Waals surface area contributed by atoms with E-state index in [4.69, 9.17) is 0 Å². The van der Waals surface area contributed by atoms with E-state index < -0.39 is 28.3 Å². The van der Waals surface area contributed by atoms with E-state index in [1.54, 1.807) is 35.3 Å². The van der Waals surface area contributed by atoms with Crippen LogP contribution in [0, 0.1) is 11.6 Å². The molecule has 170 valence electrons. The van der Waals surface area contributed by atoms with Gasteiger partial charge in [-0.2, -0.15) is 11.8 Å². The molecule has 5 nitrogen and oxygen atoms in total. The second kappa shape index (κ2) is 11.4. The fourth-order valence-electron chi connectivity index (χ4n) is 2.80. The highest BCUT2D eigenvalue weighted by Crippen LogP contribution is 2.26. The number of rotatable bonds is 11. The summed E-state index contributed by atoms with van der Waals surface area (Å²) in [4.78, 5) is 12.5. The number of nitrogens with one attached hydrogen (secondary N) is 1. The first kappa shape index (κ1) is 24.2. The summed E-state index contributed by atoms with van der Waals surface area (Å²) in [5.41, 5.74) is 1.24. The summed E-state index contributed by atoms with van der Waals surface area (Å²) >= 11 is 2.71. The van der Waals surface area contributed by atoms with Crippen LogP contribution in [0.4, 0.5) is 14.5 Å². The van der Waals surface area contributed by atoms with Crippen LogP contribution in [-0.2, 0) is 20.6 Å². The Hall–Kier alpha value is -2.43. The van der Waals surface area contributed by atoms with Crippen molar-refractivity contribution < 1.29 is 22.0 Å². The van der Waals surface area contributed by atoms with Crippen LogP contribution in [0.15, 0.2) is 70.3 Å². The van der Waals surface area contributed by atoms with E-state index in [9.17, 15) is 22.0 Å². The molecule has 0 spiro atoms. The van der Waals surface area contributed by atoms with Crippen molar-refractivity contribution in [3.05, 3.63) is 83.2 Å². The Morgan fingerprint density at radius 1 is 1.00 bits per heavy atom. The van der Waals surface area contributed by atoms with Gasteiger partial charge in [0.2, 0.25) is 5.91 Å². The number of hydrogen-bond acceptors (Lipinski definition) is 5. The standard InChI is InChI=1S/C22H22F2N2O3S3/c23-18-6-4-17(5-7-18)16-30-13-2-12-25-21(27)15-26(20-10-8-19(24)9-11-20)32(28,29)22-3-1-14-31-22/h1,3-11,14H,2,12-13,15-16H2,(H,25,27). The molecule has 0 saturated carbocycles. The molecule has 3 rings (SSSR count). The molecule has 0 aliphatic carbocycles. The lowest BCUT2D eigenvalue weighted by molar-refractivity contribution is -0.119. The minimum atomic E-state index is -3.95. The molecular weight excluding hydrogens is 474 g/mol. The lowest BCUT2D eigenvalue weighted by Gasteiger charge is -2.23. The minimum Gasteiger partial charge on any atom is -0.354 e. The molecule has 32 heavy (non-hydrogen) atoms. The molecule has 1 amide bonds. The van der Waals surface area contributed by atoms with Gasteiger partial charge in [0.15, 0.2) is 0 Å². The Morgan fingerprint density at radius 2 is 1.66 bits per heavy atom. The highest BCUT2D eigenvalue weighted by Gasteiger charge is 2.28. The van der Waals surface area contributed by atoms with Crippen LogP contribution in [0.3, 0.4) is 0 Å². The number of carbonyl (C=O) groups excluding carboxylic acids is 1. The fraction of sp³-hybridized carbons (Fsp3) is 0.227. The number of carbonyl (C=O) groups is 1. The Labute approximate surface area is 194 Å². The molecular formula is C22H22F2N2O3S3. The first-order valence-corrected chi connectivity index (χ1v) is 13.2. The smallest absolute Gasteiger partial charge is 0.274 e. The number of amides is 1. The second-order valence-electron chi connectivity index (χ2n) is 6.80. The maximum Gasteiger partial charge on any atom is 0.274 e. The number of benzene rings is 2. The van der Waals surface area contributed by atoms with Crippen molar-refractivity contribution in [2.45, 2.75) is 16.4 Å². The number of anilines is 1. The monoisotopic (exact) mass is 496 g/mol. The van der Waals surface area contributed by atoms with Crippen molar-refractivity contribution in [2.24, 2.45) is 0 Å². The van der Waals surface area contributed by atoms with E-state index >= 15 is 0 Å². The molecule has 0 saturated heterocycles. The molecule has 0 aliphatic rings. The number of thioether (sulfide) groups is 1. The number of nitrogens with zero attached hydrogens (tertiary/aromatic N) is 1. The number of hydrogen-bond donors (Lipinski definition) is 1. The quantitative estimate of drug-likeness (QED) is 0.392. The van der Waals surface area contributed by atoms with Crippen molar-refractivity contribution in [1.82, 2.24) is 5.32 Å². The van der Waals surface area contributed by atoms with E-state index in [0.29, 0.717) is 13.0 Å². The van der Waals surface area contributed by atoms with E-state index in [1.807, 2.05) is 0 Å². The largest absolute Gasteiger partial charge is 0.354 e. The zero-order valence-electron chi connectivity index (χ0n) is 17.0. The van der Waals surface area contributed by atoms with E-state index in [0.717, 1.165) is 44.8 Å². The highest BCUT2D eigenvalue weighted by molar-refractivity contribution is 7.98. The summed E-state index contributed by atoms with van der Waals surface area (Å²) in [5.74, 6) is 0.318. The van der Waals surface area contributed by atoms with Crippen LogP contribution >= 0.6 is 23.1 Å². The number of sulfonamides is 1. The van der Waals surface area contributed by atoms with Gasteiger partial charge in [0.05, 0.1) is 5.69 Å². The molecule has 1 N–H and O–H groups in total. The summed E-state index contributed by atoms with van der Waals surface area (Å²) in [5, 5.41) is 4.38. The minimum absolute atomic E-state index is 0.104. The van der Waals surface area contributed by atoms with Crippen molar-refractivity contribution in [3.8, 4) is 0 Å². The lowest BCUT2D eigenvalue weighted by atomic mass is 10.2. The van der Waals surface area contributed by atoms with Gasteiger partial charge < -0.3 is 5.32 Å². The Bertz CT molecular complexity index is 1100. The molecule has 0 atom stereocenters. The first-order valence-electron chi connectivity index (χ1n) is 9.77. The lowest BCUT2D eigenvalue weighted by Crippen LogP contribution is -2.41. The SMILES string of the molecule is O=C(CN(c1ccc(F)cc1)S(=O)(=O)c1cccs1)NCCCSCc1ccc(F)cc1. The average Bonchev–Trinajstić information content (AvgIpc) is 3.32. The van der Waals surface area contributed by atoms with Gasteiger partial charge in [-0.3, -0.25) is 9.10 Å². The third-order valence-electron chi connectivity index (χ3n) is 4.41. The molecule has 3 aromatic rings. The maximum atomic E-state index is 13.3. The van der Waals surface area contributed by atoms with Gasteiger partial charge in [0.25, 0.3) is 10.0 Å². The van der Waals surface area contributed by atoms with E-state index in [-0.39, 0.29) is 15.7 Å². The van der Waals surface area contributed by atoms with E-state index in [1.165, 1.54) is 30.3 Å². The van der Waals surface area contributed by atoms with Gasteiger partial charge in [-0.25, -0.2) is 17.2 Å². The summed E-state index contributed by atoms with van der Waals surface area (Å²) in [6.07, 6.45) is 0.700.